The Kier molecular flexibility index (Phi) is 5.58. The zero-order valence-electron chi connectivity index (χ0n) is 10.0. The molecule has 98 valence electrons. The Hall–Kier alpha value is -1.62. The lowest BCUT2D eigenvalue weighted by atomic mass is 10.1. The quantitative estimate of drug-likeness (QED) is 0.776. The van der Waals surface area contributed by atoms with Crippen LogP contribution in [0, 0.1) is 0 Å². The zero-order chi connectivity index (χ0) is 13.5. The van der Waals surface area contributed by atoms with E-state index in [2.05, 4.69) is 10.3 Å². The Labute approximate surface area is 110 Å². The largest absolute Gasteiger partial charge is 0.480 e. The van der Waals surface area contributed by atoms with Gasteiger partial charge in [-0.15, -0.1) is 0 Å². The van der Waals surface area contributed by atoms with Crippen molar-refractivity contribution in [3.8, 4) is 0 Å². The van der Waals surface area contributed by atoms with Crippen molar-refractivity contribution >= 4 is 23.5 Å². The van der Waals surface area contributed by atoms with E-state index in [0.717, 1.165) is 12.8 Å². The van der Waals surface area contributed by atoms with Gasteiger partial charge in [0.2, 0.25) is 0 Å². The minimum absolute atomic E-state index is 0.285. The molecule has 0 aliphatic heterocycles. The number of amides is 1. The van der Waals surface area contributed by atoms with E-state index in [0.29, 0.717) is 12.0 Å². The number of carboxylic acids is 1. The van der Waals surface area contributed by atoms with Crippen molar-refractivity contribution in [2.24, 2.45) is 0 Å². The van der Waals surface area contributed by atoms with Crippen molar-refractivity contribution < 1.29 is 14.7 Å². The minimum atomic E-state index is -1.03. The first-order valence-electron chi connectivity index (χ1n) is 5.69. The van der Waals surface area contributed by atoms with E-state index in [-0.39, 0.29) is 5.15 Å². The average molecular weight is 271 g/mol. The molecule has 0 saturated heterocycles. The van der Waals surface area contributed by atoms with E-state index in [9.17, 15) is 9.59 Å². The maximum absolute atomic E-state index is 11.8. The normalized spacial score (nSPS) is 11.9. The molecule has 1 atom stereocenters. The van der Waals surface area contributed by atoms with Gasteiger partial charge in [0.15, 0.2) is 0 Å². The van der Waals surface area contributed by atoms with Crippen LogP contribution in [0.15, 0.2) is 18.3 Å². The SMILES string of the molecule is CCCC[C@H](NC(=O)c1ccc(Cl)nc1)C(=O)O. The van der Waals surface area contributed by atoms with Crippen LogP contribution in [-0.2, 0) is 4.79 Å². The molecule has 0 saturated carbocycles. The summed E-state index contributed by atoms with van der Waals surface area (Å²) in [5.74, 6) is -1.48. The Bertz CT molecular complexity index is 420. The van der Waals surface area contributed by atoms with Crippen LogP contribution in [-0.4, -0.2) is 28.0 Å². The number of carbonyl (C=O) groups is 2. The van der Waals surface area contributed by atoms with Crippen LogP contribution < -0.4 is 5.32 Å². The second kappa shape index (κ2) is 6.96. The number of pyridine rings is 1. The van der Waals surface area contributed by atoms with Crippen molar-refractivity contribution in [1.29, 1.82) is 0 Å². The fourth-order valence-electron chi connectivity index (χ4n) is 1.42. The summed E-state index contributed by atoms with van der Waals surface area (Å²) in [6, 6.07) is 2.12. The fraction of sp³-hybridized carbons (Fsp3) is 0.417. The van der Waals surface area contributed by atoms with Gasteiger partial charge in [-0.1, -0.05) is 31.4 Å². The highest BCUT2D eigenvalue weighted by molar-refractivity contribution is 6.29. The molecule has 0 bridgehead atoms. The van der Waals surface area contributed by atoms with Gasteiger partial charge in [-0.2, -0.15) is 0 Å². The molecule has 0 unspecified atom stereocenters. The van der Waals surface area contributed by atoms with Crippen molar-refractivity contribution in [2.45, 2.75) is 32.2 Å². The number of nitrogens with zero attached hydrogens (tertiary/aromatic N) is 1. The highest BCUT2D eigenvalue weighted by atomic mass is 35.5. The first-order chi connectivity index (χ1) is 8.54. The van der Waals surface area contributed by atoms with E-state index >= 15 is 0 Å². The molecule has 0 radical (unpaired) electrons. The maximum Gasteiger partial charge on any atom is 0.326 e. The van der Waals surface area contributed by atoms with Gasteiger partial charge in [0, 0.05) is 6.20 Å². The number of nitrogens with one attached hydrogen (secondary N) is 1. The molecule has 1 amide bonds. The van der Waals surface area contributed by atoms with Gasteiger partial charge in [-0.05, 0) is 18.6 Å². The number of hydrogen-bond donors (Lipinski definition) is 2. The van der Waals surface area contributed by atoms with Gasteiger partial charge < -0.3 is 10.4 Å². The molecule has 1 aromatic heterocycles. The lowest BCUT2D eigenvalue weighted by Gasteiger charge is -2.13. The van der Waals surface area contributed by atoms with E-state index in [1.165, 1.54) is 18.3 Å². The first kappa shape index (κ1) is 14.4. The summed E-state index contributed by atoms with van der Waals surface area (Å²) in [6.07, 6.45) is 3.35. The van der Waals surface area contributed by atoms with E-state index in [4.69, 9.17) is 16.7 Å². The van der Waals surface area contributed by atoms with Crippen LogP contribution in [0.4, 0.5) is 0 Å². The Morgan fingerprint density at radius 2 is 2.22 bits per heavy atom. The molecule has 2 N–H and O–H groups in total. The number of aliphatic carboxylic acids is 1. The smallest absolute Gasteiger partial charge is 0.326 e. The third kappa shape index (κ3) is 4.33. The van der Waals surface area contributed by atoms with Crippen LogP contribution >= 0.6 is 11.6 Å². The first-order valence-corrected chi connectivity index (χ1v) is 6.07. The molecule has 0 aromatic carbocycles. The highest BCUT2D eigenvalue weighted by Gasteiger charge is 2.19. The monoisotopic (exact) mass is 270 g/mol. The van der Waals surface area contributed by atoms with Crippen molar-refractivity contribution in [1.82, 2.24) is 10.3 Å². The maximum atomic E-state index is 11.8. The third-order valence-corrected chi connectivity index (χ3v) is 2.66. The van der Waals surface area contributed by atoms with E-state index < -0.39 is 17.9 Å². The van der Waals surface area contributed by atoms with Gasteiger partial charge in [-0.3, -0.25) is 4.79 Å². The van der Waals surface area contributed by atoms with Gasteiger partial charge in [-0.25, -0.2) is 9.78 Å². The molecule has 1 aromatic rings. The minimum Gasteiger partial charge on any atom is -0.480 e. The Balaban J connectivity index is 2.66. The number of halogens is 1. The zero-order valence-corrected chi connectivity index (χ0v) is 10.8. The number of hydrogen-bond acceptors (Lipinski definition) is 3. The summed E-state index contributed by atoms with van der Waals surface area (Å²) in [4.78, 5) is 26.5. The molecule has 1 rings (SSSR count). The predicted octanol–water partition coefficient (Wildman–Crippen LogP) is 2.11. The summed E-state index contributed by atoms with van der Waals surface area (Å²) < 4.78 is 0. The highest BCUT2D eigenvalue weighted by Crippen LogP contribution is 2.07. The summed E-state index contributed by atoms with van der Waals surface area (Å²) in [5.41, 5.74) is 0.294. The Morgan fingerprint density at radius 3 is 2.72 bits per heavy atom. The number of carboxylic acid groups (broad SMARTS) is 1. The van der Waals surface area contributed by atoms with Crippen LogP contribution in [0.2, 0.25) is 5.15 Å². The molecule has 0 aliphatic carbocycles. The number of rotatable bonds is 6. The van der Waals surface area contributed by atoms with E-state index in [1.54, 1.807) is 0 Å². The van der Waals surface area contributed by atoms with Gasteiger partial charge in [0.25, 0.3) is 5.91 Å². The number of carbonyl (C=O) groups excluding carboxylic acids is 1. The summed E-state index contributed by atoms with van der Waals surface area (Å²) in [7, 11) is 0. The van der Waals surface area contributed by atoms with Crippen molar-refractivity contribution in [3.05, 3.63) is 29.0 Å². The molecule has 6 heteroatoms. The molecule has 0 aliphatic rings. The van der Waals surface area contributed by atoms with Crippen LogP contribution in [0.25, 0.3) is 0 Å². The molecule has 0 fully saturated rings. The Morgan fingerprint density at radius 1 is 1.50 bits per heavy atom. The molecule has 5 nitrogen and oxygen atoms in total. The molecule has 0 spiro atoms. The average Bonchev–Trinajstić information content (AvgIpc) is 2.34. The lowest BCUT2D eigenvalue weighted by Crippen LogP contribution is -2.40. The van der Waals surface area contributed by atoms with Gasteiger partial charge in [0.05, 0.1) is 5.56 Å². The second-order valence-electron chi connectivity index (χ2n) is 3.88. The van der Waals surface area contributed by atoms with Crippen molar-refractivity contribution in [2.75, 3.05) is 0 Å². The third-order valence-electron chi connectivity index (χ3n) is 2.44. The molecular formula is C12H15ClN2O3. The molecular weight excluding hydrogens is 256 g/mol. The number of unbranched alkanes of at least 4 members (excludes halogenated alkanes) is 1. The van der Waals surface area contributed by atoms with Crippen molar-refractivity contribution in [3.63, 3.8) is 0 Å². The summed E-state index contributed by atoms with van der Waals surface area (Å²) in [5, 5.41) is 11.7. The van der Waals surface area contributed by atoms with Gasteiger partial charge >= 0.3 is 5.97 Å². The number of aromatic nitrogens is 1. The van der Waals surface area contributed by atoms with Gasteiger partial charge in [0.1, 0.15) is 11.2 Å². The van der Waals surface area contributed by atoms with E-state index in [1.807, 2.05) is 6.92 Å². The van der Waals surface area contributed by atoms with Crippen LogP contribution in [0.3, 0.4) is 0 Å². The molecule has 1 heterocycles. The molecule has 18 heavy (non-hydrogen) atoms. The summed E-state index contributed by atoms with van der Waals surface area (Å²) in [6.45, 7) is 1.96. The van der Waals surface area contributed by atoms with Crippen LogP contribution in [0.1, 0.15) is 36.5 Å². The predicted molar refractivity (Wildman–Crippen MR) is 67.7 cm³/mol. The van der Waals surface area contributed by atoms with Crippen LogP contribution in [0.5, 0.6) is 0 Å². The topological polar surface area (TPSA) is 79.3 Å². The standard InChI is InChI=1S/C12H15ClN2O3/c1-2-3-4-9(12(17)18)15-11(16)8-5-6-10(13)14-7-8/h5-7,9H,2-4H2,1H3,(H,15,16)(H,17,18)/t9-/m0/s1. The second-order valence-corrected chi connectivity index (χ2v) is 4.26. The summed E-state index contributed by atoms with van der Waals surface area (Å²) >= 11 is 5.60. The fourth-order valence-corrected chi connectivity index (χ4v) is 1.53. The lowest BCUT2D eigenvalue weighted by molar-refractivity contribution is -0.139.